The van der Waals surface area contributed by atoms with Gasteiger partial charge in [0.15, 0.2) is 6.10 Å². The number of hydrogen-bond acceptors (Lipinski definition) is 5. The lowest BCUT2D eigenvalue weighted by atomic mass is 10.1. The van der Waals surface area contributed by atoms with Crippen molar-refractivity contribution in [3.63, 3.8) is 0 Å². The van der Waals surface area contributed by atoms with E-state index in [2.05, 4.69) is 36.9 Å². The first kappa shape index (κ1) is 22.9. The molecule has 7 nitrogen and oxygen atoms in total. The fourth-order valence-electron chi connectivity index (χ4n) is 3.68. The van der Waals surface area contributed by atoms with E-state index in [9.17, 15) is 13.2 Å². The van der Waals surface area contributed by atoms with Gasteiger partial charge in [-0.1, -0.05) is 12.1 Å². The predicted molar refractivity (Wildman–Crippen MR) is 124 cm³/mol. The highest BCUT2D eigenvalue weighted by Gasteiger charge is 2.26. The number of carbonyl (C=O) groups excluding carboxylic acids is 1. The minimum absolute atomic E-state index is 0.0436. The number of hydrogen-bond donors (Lipinski definition) is 0. The third-order valence-electron chi connectivity index (χ3n) is 5.87. The van der Waals surface area contributed by atoms with Crippen molar-refractivity contribution in [2.75, 3.05) is 48.7 Å². The molecule has 3 rings (SSSR count). The summed E-state index contributed by atoms with van der Waals surface area (Å²) in [4.78, 5) is 17.0. The monoisotopic (exact) mass is 445 g/mol. The van der Waals surface area contributed by atoms with Gasteiger partial charge in [0.25, 0.3) is 5.91 Å². The minimum atomic E-state index is -3.32. The molecule has 0 saturated carbocycles. The first-order chi connectivity index (χ1) is 14.6. The summed E-state index contributed by atoms with van der Waals surface area (Å²) in [5.74, 6) is 0.485. The van der Waals surface area contributed by atoms with Gasteiger partial charge in [-0.3, -0.25) is 9.10 Å². The van der Waals surface area contributed by atoms with Gasteiger partial charge in [-0.2, -0.15) is 0 Å². The highest BCUT2D eigenvalue weighted by atomic mass is 32.2. The van der Waals surface area contributed by atoms with Gasteiger partial charge in [0.05, 0.1) is 11.9 Å². The van der Waals surface area contributed by atoms with Crippen molar-refractivity contribution in [2.45, 2.75) is 26.9 Å². The van der Waals surface area contributed by atoms with Gasteiger partial charge in [0.1, 0.15) is 5.75 Å². The van der Waals surface area contributed by atoms with E-state index < -0.39 is 16.1 Å². The number of carbonyl (C=O) groups is 1. The molecular weight excluding hydrogens is 414 g/mol. The van der Waals surface area contributed by atoms with Crippen molar-refractivity contribution in [1.29, 1.82) is 0 Å². The van der Waals surface area contributed by atoms with Crippen LogP contribution in [0.3, 0.4) is 0 Å². The Labute approximate surface area is 185 Å². The SMILES string of the molecule is Cc1cccc(N2CCN(C(=O)[C@H](C)Oc3ccc(N(C)S(C)(=O)=O)cc3)CC2)c1C. The number of anilines is 2. The maximum absolute atomic E-state index is 12.9. The zero-order chi connectivity index (χ0) is 22.8. The van der Waals surface area contributed by atoms with Crippen LogP contribution in [-0.4, -0.2) is 64.8 Å². The molecule has 1 atom stereocenters. The molecule has 0 spiro atoms. The fourth-order valence-corrected chi connectivity index (χ4v) is 4.19. The molecule has 1 aliphatic heterocycles. The quantitative estimate of drug-likeness (QED) is 0.684. The average Bonchev–Trinajstić information content (AvgIpc) is 2.74. The summed E-state index contributed by atoms with van der Waals surface area (Å²) < 4.78 is 30.3. The second kappa shape index (κ2) is 9.18. The number of ether oxygens (including phenoxy) is 1. The lowest BCUT2D eigenvalue weighted by molar-refractivity contribution is -0.138. The van der Waals surface area contributed by atoms with Crippen LogP contribution in [0.25, 0.3) is 0 Å². The first-order valence-electron chi connectivity index (χ1n) is 10.4. The predicted octanol–water partition coefficient (Wildman–Crippen LogP) is 2.82. The summed E-state index contributed by atoms with van der Waals surface area (Å²) in [7, 11) is -1.83. The Morgan fingerprint density at radius 1 is 1.03 bits per heavy atom. The van der Waals surface area contributed by atoms with Crippen molar-refractivity contribution in [3.05, 3.63) is 53.6 Å². The Morgan fingerprint density at radius 2 is 1.65 bits per heavy atom. The molecule has 1 fully saturated rings. The Balaban J connectivity index is 1.57. The molecule has 1 amide bonds. The van der Waals surface area contributed by atoms with Gasteiger partial charge in [-0.05, 0) is 62.2 Å². The van der Waals surface area contributed by atoms with E-state index in [0.29, 0.717) is 24.5 Å². The van der Waals surface area contributed by atoms with Crippen LogP contribution >= 0.6 is 0 Å². The molecule has 8 heteroatoms. The highest BCUT2D eigenvalue weighted by Crippen LogP contribution is 2.25. The van der Waals surface area contributed by atoms with E-state index in [-0.39, 0.29) is 5.91 Å². The van der Waals surface area contributed by atoms with E-state index >= 15 is 0 Å². The van der Waals surface area contributed by atoms with Gasteiger partial charge in [0, 0.05) is 38.9 Å². The van der Waals surface area contributed by atoms with Crippen LogP contribution in [0.5, 0.6) is 5.75 Å². The maximum atomic E-state index is 12.9. The summed E-state index contributed by atoms with van der Waals surface area (Å²) in [5.41, 5.74) is 4.32. The van der Waals surface area contributed by atoms with E-state index in [1.54, 1.807) is 31.2 Å². The smallest absolute Gasteiger partial charge is 0.263 e. The molecule has 2 aromatic carbocycles. The Kier molecular flexibility index (Phi) is 6.79. The van der Waals surface area contributed by atoms with Gasteiger partial charge >= 0.3 is 0 Å². The average molecular weight is 446 g/mol. The van der Waals surface area contributed by atoms with Crippen molar-refractivity contribution >= 4 is 27.3 Å². The number of rotatable bonds is 6. The first-order valence-corrected chi connectivity index (χ1v) is 12.2. The largest absolute Gasteiger partial charge is 0.481 e. The summed E-state index contributed by atoms with van der Waals surface area (Å²) in [6.45, 7) is 8.87. The van der Waals surface area contributed by atoms with Crippen LogP contribution in [0, 0.1) is 13.8 Å². The summed E-state index contributed by atoms with van der Waals surface area (Å²) in [6.07, 6.45) is 0.531. The topological polar surface area (TPSA) is 70.2 Å². The zero-order valence-electron chi connectivity index (χ0n) is 18.8. The number of aryl methyl sites for hydroxylation is 1. The highest BCUT2D eigenvalue weighted by molar-refractivity contribution is 7.92. The lowest BCUT2D eigenvalue weighted by Gasteiger charge is -2.38. The van der Waals surface area contributed by atoms with Crippen molar-refractivity contribution in [2.24, 2.45) is 0 Å². The fraction of sp³-hybridized carbons (Fsp3) is 0.435. The summed E-state index contributed by atoms with van der Waals surface area (Å²) in [6, 6.07) is 13.0. The van der Waals surface area contributed by atoms with Crippen LogP contribution in [0.4, 0.5) is 11.4 Å². The van der Waals surface area contributed by atoms with E-state index in [4.69, 9.17) is 4.74 Å². The van der Waals surface area contributed by atoms with E-state index in [1.807, 2.05) is 4.90 Å². The van der Waals surface area contributed by atoms with Crippen LogP contribution in [0.15, 0.2) is 42.5 Å². The number of sulfonamides is 1. The lowest BCUT2D eigenvalue weighted by Crippen LogP contribution is -2.52. The molecule has 0 aromatic heterocycles. The molecule has 2 aromatic rings. The van der Waals surface area contributed by atoms with Gasteiger partial charge in [0.2, 0.25) is 10.0 Å². The van der Waals surface area contributed by atoms with Gasteiger partial charge in [-0.25, -0.2) is 8.42 Å². The van der Waals surface area contributed by atoms with Gasteiger partial charge < -0.3 is 14.5 Å². The normalized spacial score (nSPS) is 15.5. The molecule has 1 aliphatic rings. The molecule has 0 bridgehead atoms. The van der Waals surface area contributed by atoms with Crippen LogP contribution < -0.4 is 13.9 Å². The number of piperazine rings is 1. The van der Waals surface area contributed by atoms with E-state index in [1.165, 1.54) is 28.2 Å². The Hall–Kier alpha value is -2.74. The molecule has 0 aliphatic carbocycles. The second-order valence-electron chi connectivity index (χ2n) is 8.02. The third-order valence-corrected chi connectivity index (χ3v) is 7.07. The van der Waals surface area contributed by atoms with Crippen molar-refractivity contribution in [1.82, 2.24) is 4.90 Å². The van der Waals surface area contributed by atoms with Crippen LogP contribution in [-0.2, 0) is 14.8 Å². The molecule has 1 heterocycles. The number of amides is 1. The molecule has 31 heavy (non-hydrogen) atoms. The minimum Gasteiger partial charge on any atom is -0.481 e. The van der Waals surface area contributed by atoms with Crippen LogP contribution in [0.1, 0.15) is 18.1 Å². The molecule has 0 N–H and O–H groups in total. The Morgan fingerprint density at radius 3 is 2.23 bits per heavy atom. The molecule has 168 valence electrons. The summed E-state index contributed by atoms with van der Waals surface area (Å²) in [5, 5.41) is 0. The molecule has 0 unspecified atom stereocenters. The molecular formula is C23H31N3O4S. The molecule has 0 radical (unpaired) electrons. The second-order valence-corrected chi connectivity index (χ2v) is 10.0. The molecule has 1 saturated heterocycles. The standard InChI is InChI=1S/C23H31N3O4S/c1-17-7-6-8-22(18(17)2)25-13-15-26(16-14-25)23(27)19(3)30-21-11-9-20(10-12-21)24(4)31(5,28)29/h6-12,19H,13-16H2,1-5H3/t19-/m0/s1. The maximum Gasteiger partial charge on any atom is 0.263 e. The number of benzene rings is 2. The van der Waals surface area contributed by atoms with E-state index in [0.717, 1.165) is 19.3 Å². The zero-order valence-corrected chi connectivity index (χ0v) is 19.6. The summed E-state index contributed by atoms with van der Waals surface area (Å²) >= 11 is 0. The Bertz CT molecular complexity index is 1030. The van der Waals surface area contributed by atoms with Crippen molar-refractivity contribution in [3.8, 4) is 5.75 Å². The third kappa shape index (κ3) is 5.31. The van der Waals surface area contributed by atoms with Crippen LogP contribution in [0.2, 0.25) is 0 Å². The van der Waals surface area contributed by atoms with Gasteiger partial charge in [-0.15, -0.1) is 0 Å². The van der Waals surface area contributed by atoms with Crippen molar-refractivity contribution < 1.29 is 17.9 Å². The number of nitrogens with zero attached hydrogens (tertiary/aromatic N) is 3.